The standard InChI is InChI=1S/C13H30N.H2O/c1-5-8-11-14(4,12-9-6-2)13-10-7-3;/h5-13H2,1-4H3;1H2/q+1;. The summed E-state index contributed by atoms with van der Waals surface area (Å²) in [5.74, 6) is 0. The maximum atomic E-state index is 2.45. The van der Waals surface area contributed by atoms with E-state index in [0.29, 0.717) is 0 Å². The van der Waals surface area contributed by atoms with Crippen LogP contribution in [-0.2, 0) is 0 Å². The first-order chi connectivity index (χ1) is 6.68. The highest BCUT2D eigenvalue weighted by Crippen LogP contribution is 2.10. The number of rotatable bonds is 9. The van der Waals surface area contributed by atoms with Crippen LogP contribution in [0.5, 0.6) is 0 Å². The van der Waals surface area contributed by atoms with Crippen LogP contribution in [0.1, 0.15) is 59.3 Å². The van der Waals surface area contributed by atoms with E-state index in [1.807, 2.05) is 0 Å². The second-order valence-corrected chi connectivity index (χ2v) is 4.85. The number of nitrogens with zero attached hydrogens (tertiary/aromatic N) is 1. The maximum absolute atomic E-state index is 2.45. The van der Waals surface area contributed by atoms with Gasteiger partial charge in [-0.2, -0.15) is 0 Å². The Hall–Kier alpha value is -0.0800. The Kier molecular flexibility index (Phi) is 12.1. The van der Waals surface area contributed by atoms with Crippen LogP contribution in [-0.4, -0.2) is 36.6 Å². The normalized spacial score (nSPS) is 11.2. The molecule has 0 saturated carbocycles. The fraction of sp³-hybridized carbons (Fsp3) is 1.00. The SMILES string of the molecule is CCCC[N+](C)(CCCC)CCCC.O. The van der Waals surface area contributed by atoms with E-state index in [9.17, 15) is 0 Å². The molecule has 0 spiro atoms. The fourth-order valence-corrected chi connectivity index (χ4v) is 1.95. The average Bonchev–Trinajstić information content (AvgIpc) is 2.21. The van der Waals surface area contributed by atoms with Crippen molar-refractivity contribution in [3.8, 4) is 0 Å². The van der Waals surface area contributed by atoms with Crippen LogP contribution in [0, 0.1) is 0 Å². The molecule has 0 radical (unpaired) electrons. The highest BCUT2D eigenvalue weighted by molar-refractivity contribution is 4.43. The van der Waals surface area contributed by atoms with Gasteiger partial charge in [-0.15, -0.1) is 0 Å². The summed E-state index contributed by atoms with van der Waals surface area (Å²) in [5.41, 5.74) is 0. The first-order valence-electron chi connectivity index (χ1n) is 6.52. The third-order valence-electron chi connectivity index (χ3n) is 3.15. The quantitative estimate of drug-likeness (QED) is 0.533. The van der Waals surface area contributed by atoms with Crippen LogP contribution >= 0.6 is 0 Å². The first kappa shape index (κ1) is 17.3. The Labute approximate surface area is 96.6 Å². The van der Waals surface area contributed by atoms with Crippen molar-refractivity contribution >= 4 is 0 Å². The molecule has 0 aromatic heterocycles. The predicted octanol–water partition coefficient (Wildman–Crippen LogP) is 3.01. The molecule has 0 amide bonds. The van der Waals surface area contributed by atoms with E-state index in [-0.39, 0.29) is 5.48 Å². The van der Waals surface area contributed by atoms with Gasteiger partial charge in [0.15, 0.2) is 0 Å². The van der Waals surface area contributed by atoms with Gasteiger partial charge >= 0.3 is 0 Å². The van der Waals surface area contributed by atoms with Gasteiger partial charge in [0.2, 0.25) is 0 Å². The Morgan fingerprint density at radius 3 is 1.13 bits per heavy atom. The molecule has 2 N–H and O–H groups in total. The molecule has 0 aromatic carbocycles. The van der Waals surface area contributed by atoms with Gasteiger partial charge in [-0.25, -0.2) is 0 Å². The fourth-order valence-electron chi connectivity index (χ4n) is 1.95. The third-order valence-corrected chi connectivity index (χ3v) is 3.15. The van der Waals surface area contributed by atoms with Crippen LogP contribution in [0.15, 0.2) is 0 Å². The van der Waals surface area contributed by atoms with Crippen molar-refractivity contribution in [1.29, 1.82) is 0 Å². The third kappa shape index (κ3) is 8.88. The number of quaternary nitrogens is 1. The van der Waals surface area contributed by atoms with Gasteiger partial charge in [-0.05, 0) is 19.3 Å². The minimum Gasteiger partial charge on any atom is -0.412 e. The summed E-state index contributed by atoms with van der Waals surface area (Å²) in [6.07, 6.45) is 8.20. The molecule has 2 nitrogen and oxygen atoms in total. The lowest BCUT2D eigenvalue weighted by molar-refractivity contribution is -0.910. The van der Waals surface area contributed by atoms with Gasteiger partial charge in [-0.1, -0.05) is 40.0 Å². The smallest absolute Gasteiger partial charge is 0.0784 e. The number of unbranched alkanes of at least 4 members (excludes halogenated alkanes) is 3. The summed E-state index contributed by atoms with van der Waals surface area (Å²) in [6.45, 7) is 11.0. The van der Waals surface area contributed by atoms with Crippen LogP contribution in [0.4, 0.5) is 0 Å². The molecule has 0 atom stereocenters. The lowest BCUT2D eigenvalue weighted by Gasteiger charge is -2.34. The van der Waals surface area contributed by atoms with Crippen molar-refractivity contribution < 1.29 is 9.96 Å². The van der Waals surface area contributed by atoms with Crippen LogP contribution in [0.3, 0.4) is 0 Å². The summed E-state index contributed by atoms with van der Waals surface area (Å²) in [4.78, 5) is 0. The van der Waals surface area contributed by atoms with Crippen molar-refractivity contribution in [3.05, 3.63) is 0 Å². The van der Waals surface area contributed by atoms with E-state index < -0.39 is 0 Å². The minimum atomic E-state index is 0. The Morgan fingerprint density at radius 2 is 0.933 bits per heavy atom. The zero-order chi connectivity index (χ0) is 10.9. The van der Waals surface area contributed by atoms with E-state index in [2.05, 4.69) is 27.8 Å². The Bertz CT molecular complexity index is 104. The summed E-state index contributed by atoms with van der Waals surface area (Å²) >= 11 is 0. The van der Waals surface area contributed by atoms with Crippen molar-refractivity contribution in [2.75, 3.05) is 26.7 Å². The molecule has 0 aromatic rings. The van der Waals surface area contributed by atoms with Gasteiger partial charge in [0, 0.05) is 0 Å². The van der Waals surface area contributed by atoms with Crippen LogP contribution in [0.25, 0.3) is 0 Å². The molecule has 2 heteroatoms. The minimum absolute atomic E-state index is 0. The maximum Gasteiger partial charge on any atom is 0.0784 e. The van der Waals surface area contributed by atoms with E-state index in [0.717, 1.165) is 0 Å². The summed E-state index contributed by atoms with van der Waals surface area (Å²) in [7, 11) is 2.45. The van der Waals surface area contributed by atoms with Crippen LogP contribution < -0.4 is 0 Å². The molecule has 0 bridgehead atoms. The monoisotopic (exact) mass is 218 g/mol. The molecule has 0 rings (SSSR count). The van der Waals surface area contributed by atoms with Crippen molar-refractivity contribution in [2.45, 2.75) is 59.3 Å². The molecule has 0 aliphatic heterocycles. The molecule has 0 aliphatic carbocycles. The molecule has 94 valence electrons. The molecular weight excluding hydrogens is 186 g/mol. The first-order valence-corrected chi connectivity index (χ1v) is 6.52. The van der Waals surface area contributed by atoms with Gasteiger partial charge in [0.1, 0.15) is 0 Å². The number of hydrogen-bond donors (Lipinski definition) is 0. The largest absolute Gasteiger partial charge is 0.412 e. The number of hydrogen-bond acceptors (Lipinski definition) is 0. The zero-order valence-corrected chi connectivity index (χ0v) is 11.3. The molecule has 0 unspecified atom stereocenters. The van der Waals surface area contributed by atoms with Crippen molar-refractivity contribution in [3.63, 3.8) is 0 Å². The second kappa shape index (κ2) is 10.4. The van der Waals surface area contributed by atoms with E-state index in [4.69, 9.17) is 0 Å². The lowest BCUT2D eigenvalue weighted by atomic mass is 10.2. The van der Waals surface area contributed by atoms with E-state index >= 15 is 0 Å². The molecule has 0 aliphatic rings. The van der Waals surface area contributed by atoms with Gasteiger partial charge in [0.05, 0.1) is 26.7 Å². The summed E-state index contributed by atoms with van der Waals surface area (Å²) in [5, 5.41) is 0. The Morgan fingerprint density at radius 1 is 0.667 bits per heavy atom. The second-order valence-electron chi connectivity index (χ2n) is 4.85. The van der Waals surface area contributed by atoms with Crippen molar-refractivity contribution in [1.82, 2.24) is 0 Å². The highest BCUT2D eigenvalue weighted by Gasteiger charge is 2.18. The predicted molar refractivity (Wildman–Crippen MR) is 69.1 cm³/mol. The molecule has 15 heavy (non-hydrogen) atoms. The van der Waals surface area contributed by atoms with Gasteiger partial charge in [0.25, 0.3) is 0 Å². The molecule has 0 fully saturated rings. The average molecular weight is 218 g/mol. The molecular formula is C13H32NO+. The van der Waals surface area contributed by atoms with Gasteiger partial charge < -0.3 is 9.96 Å². The van der Waals surface area contributed by atoms with Gasteiger partial charge in [-0.3, -0.25) is 0 Å². The van der Waals surface area contributed by atoms with E-state index in [1.165, 1.54) is 62.6 Å². The summed E-state index contributed by atoms with van der Waals surface area (Å²) < 4.78 is 1.32. The lowest BCUT2D eigenvalue weighted by Crippen LogP contribution is -2.46. The van der Waals surface area contributed by atoms with Crippen molar-refractivity contribution in [2.24, 2.45) is 0 Å². The molecule has 0 heterocycles. The van der Waals surface area contributed by atoms with E-state index in [1.54, 1.807) is 0 Å². The Balaban J connectivity index is 0. The topological polar surface area (TPSA) is 31.5 Å². The molecule has 0 saturated heterocycles. The summed E-state index contributed by atoms with van der Waals surface area (Å²) in [6, 6.07) is 0. The van der Waals surface area contributed by atoms with Crippen LogP contribution in [0.2, 0.25) is 0 Å². The highest BCUT2D eigenvalue weighted by atomic mass is 16.0. The zero-order valence-electron chi connectivity index (χ0n) is 11.3.